The van der Waals surface area contributed by atoms with Gasteiger partial charge in [0.1, 0.15) is 0 Å². The van der Waals surface area contributed by atoms with Gasteiger partial charge in [-0.15, -0.1) is 0 Å². The first kappa shape index (κ1) is 33.5. The molecule has 2 saturated carbocycles. The minimum atomic E-state index is 0. The third-order valence-electron chi connectivity index (χ3n) is 8.09. The molecule has 1 aromatic rings. The van der Waals surface area contributed by atoms with Gasteiger partial charge in [0.25, 0.3) is 0 Å². The van der Waals surface area contributed by atoms with Gasteiger partial charge in [-0.05, 0) is 71.3 Å². The summed E-state index contributed by atoms with van der Waals surface area (Å²) in [5.41, 5.74) is 3.03. The quantitative estimate of drug-likeness (QED) is 0.219. The van der Waals surface area contributed by atoms with E-state index in [2.05, 4.69) is 78.0 Å². The maximum Gasteiger partial charge on any atom is 4.00 e. The fourth-order valence-corrected chi connectivity index (χ4v) is 5.52. The molecule has 1 heteroatoms. The van der Waals surface area contributed by atoms with Gasteiger partial charge in [0.2, 0.25) is 0 Å². The van der Waals surface area contributed by atoms with Gasteiger partial charge in [0.15, 0.2) is 0 Å². The summed E-state index contributed by atoms with van der Waals surface area (Å²) in [5.74, 6) is 7.18. The van der Waals surface area contributed by atoms with Crippen LogP contribution in [-0.4, -0.2) is 0 Å². The SMILES string of the molecule is CC1C(C)C(C)C(C)C1C.CC1CCC2c3ccccc3C=CC12.[CH3-].[CH3-].[CH3-].[CH3-].[Hf+4]. The molecule has 0 amide bonds. The van der Waals surface area contributed by atoms with Crippen molar-refractivity contribution in [3.63, 3.8) is 0 Å². The average Bonchev–Trinajstić information content (AvgIpc) is 3.06. The number of fused-ring (bicyclic) bond motifs is 3. The number of benzene rings is 1. The van der Waals surface area contributed by atoms with Crippen LogP contribution in [0, 0.1) is 71.1 Å². The normalized spacial score (nSPS) is 35.5. The van der Waals surface area contributed by atoms with Crippen LogP contribution in [0.3, 0.4) is 0 Å². The third-order valence-corrected chi connectivity index (χ3v) is 8.09. The van der Waals surface area contributed by atoms with Gasteiger partial charge < -0.3 is 29.7 Å². The van der Waals surface area contributed by atoms with Crippen molar-refractivity contribution in [3.8, 4) is 0 Å². The van der Waals surface area contributed by atoms with Crippen molar-refractivity contribution in [1.29, 1.82) is 0 Å². The van der Waals surface area contributed by atoms with Crippen molar-refractivity contribution >= 4 is 6.08 Å². The smallest absolute Gasteiger partial charge is 0.358 e. The molecule has 0 N–H and O–H groups in total. The van der Waals surface area contributed by atoms with Crippen molar-refractivity contribution in [2.24, 2.45) is 41.4 Å². The van der Waals surface area contributed by atoms with Gasteiger partial charge >= 0.3 is 25.8 Å². The second kappa shape index (κ2) is 14.0. The van der Waals surface area contributed by atoms with E-state index in [0.29, 0.717) is 0 Å². The fourth-order valence-electron chi connectivity index (χ4n) is 5.52. The average molecular weight is 563 g/mol. The first-order valence-corrected chi connectivity index (χ1v) is 10.2. The Bertz CT molecular complexity index is 545. The molecule has 4 rings (SSSR count). The second-order valence-electron chi connectivity index (χ2n) is 9.02. The zero-order valence-electron chi connectivity index (χ0n) is 21.0. The second-order valence-corrected chi connectivity index (χ2v) is 9.02. The Morgan fingerprint density at radius 2 is 1.10 bits per heavy atom. The number of hydrogen-bond donors (Lipinski definition) is 0. The molecule has 0 saturated heterocycles. The van der Waals surface area contributed by atoms with Crippen LogP contribution >= 0.6 is 0 Å². The summed E-state index contributed by atoms with van der Waals surface area (Å²) >= 11 is 0. The first-order chi connectivity index (χ1) is 11.4. The molecule has 0 radical (unpaired) electrons. The van der Waals surface area contributed by atoms with E-state index in [9.17, 15) is 0 Å². The first-order valence-electron chi connectivity index (χ1n) is 10.2. The molecular formula is C28H48Hf. The molecule has 0 spiro atoms. The Morgan fingerprint density at radius 1 is 0.655 bits per heavy atom. The zero-order valence-corrected chi connectivity index (χ0v) is 24.6. The molecule has 29 heavy (non-hydrogen) atoms. The van der Waals surface area contributed by atoms with Gasteiger partial charge in [-0.3, -0.25) is 0 Å². The molecular weight excluding hydrogens is 515 g/mol. The molecule has 2 fully saturated rings. The number of allylic oxidation sites excluding steroid dienone is 1. The van der Waals surface area contributed by atoms with Crippen LogP contribution in [0.5, 0.6) is 0 Å². The van der Waals surface area contributed by atoms with E-state index in [1.807, 2.05) is 0 Å². The summed E-state index contributed by atoms with van der Waals surface area (Å²) < 4.78 is 0. The molecule has 1 aromatic carbocycles. The van der Waals surface area contributed by atoms with Gasteiger partial charge in [0.05, 0.1) is 0 Å². The van der Waals surface area contributed by atoms with Crippen LogP contribution in [0.2, 0.25) is 0 Å². The van der Waals surface area contributed by atoms with E-state index in [0.717, 1.165) is 47.3 Å². The molecule has 164 valence electrons. The van der Waals surface area contributed by atoms with E-state index in [1.54, 1.807) is 5.56 Å². The van der Waals surface area contributed by atoms with Crippen molar-refractivity contribution in [1.82, 2.24) is 0 Å². The predicted octanol–water partition coefficient (Wildman–Crippen LogP) is 8.82. The van der Waals surface area contributed by atoms with Crippen LogP contribution in [0.1, 0.15) is 71.4 Å². The van der Waals surface area contributed by atoms with Gasteiger partial charge in [-0.2, -0.15) is 0 Å². The van der Waals surface area contributed by atoms with Crippen LogP contribution in [0.4, 0.5) is 0 Å². The summed E-state index contributed by atoms with van der Waals surface area (Å²) in [6, 6.07) is 8.87. The maximum atomic E-state index is 2.44. The van der Waals surface area contributed by atoms with Crippen LogP contribution in [0.25, 0.3) is 6.08 Å². The molecule has 3 unspecified atom stereocenters. The van der Waals surface area contributed by atoms with E-state index < -0.39 is 0 Å². The Labute approximate surface area is 204 Å². The van der Waals surface area contributed by atoms with Gasteiger partial charge in [0, 0.05) is 0 Å². The summed E-state index contributed by atoms with van der Waals surface area (Å²) in [7, 11) is 0. The summed E-state index contributed by atoms with van der Waals surface area (Å²) in [4.78, 5) is 0. The van der Waals surface area contributed by atoms with Crippen LogP contribution in [0.15, 0.2) is 30.3 Å². The summed E-state index contributed by atoms with van der Waals surface area (Å²) in [6.07, 6.45) is 7.53. The Kier molecular flexibility index (Phi) is 16.2. The van der Waals surface area contributed by atoms with Gasteiger partial charge in [-0.1, -0.05) is 78.0 Å². The van der Waals surface area contributed by atoms with E-state index in [4.69, 9.17) is 0 Å². The number of hydrogen-bond acceptors (Lipinski definition) is 0. The van der Waals surface area contributed by atoms with E-state index >= 15 is 0 Å². The Balaban J connectivity index is -0.000000414. The summed E-state index contributed by atoms with van der Waals surface area (Å²) in [6.45, 7) is 14.4. The van der Waals surface area contributed by atoms with E-state index in [-0.39, 0.29) is 55.5 Å². The largest absolute Gasteiger partial charge is 4.00 e. The predicted molar refractivity (Wildman–Crippen MR) is 132 cm³/mol. The molecule has 3 atom stereocenters. The van der Waals surface area contributed by atoms with Gasteiger partial charge in [-0.25, -0.2) is 0 Å². The zero-order chi connectivity index (χ0) is 17.4. The number of rotatable bonds is 0. The standard InChI is InChI=1S/C14H16.C10H20.4CH3.Hf/c1-10-6-8-14-12(10)9-7-11-4-2-3-5-13(11)14;1-6-7(2)9(4)10(5)8(6)3;;;;;/h2-5,7,9-10,12,14H,6,8H2,1H3;6-10H,1-5H3;4*1H3;/q;;4*-1;+4. The van der Waals surface area contributed by atoms with Crippen molar-refractivity contribution in [3.05, 3.63) is 71.2 Å². The Morgan fingerprint density at radius 3 is 1.59 bits per heavy atom. The molecule has 3 aliphatic rings. The third kappa shape index (κ3) is 6.65. The van der Waals surface area contributed by atoms with Crippen LogP contribution < -0.4 is 0 Å². The van der Waals surface area contributed by atoms with E-state index in [1.165, 1.54) is 18.4 Å². The minimum Gasteiger partial charge on any atom is -0.358 e. The molecule has 0 aromatic heterocycles. The molecule has 0 heterocycles. The minimum absolute atomic E-state index is 0. The van der Waals surface area contributed by atoms with Crippen molar-refractivity contribution in [2.45, 2.75) is 60.3 Å². The van der Waals surface area contributed by atoms with Crippen LogP contribution in [-0.2, 0) is 25.8 Å². The van der Waals surface area contributed by atoms with Crippen molar-refractivity contribution < 1.29 is 25.8 Å². The fraction of sp³-hybridized carbons (Fsp3) is 0.571. The maximum absolute atomic E-state index is 2.44. The Hall–Kier alpha value is -0.170. The molecule has 0 bridgehead atoms. The molecule has 0 nitrogen and oxygen atoms in total. The topological polar surface area (TPSA) is 0 Å². The molecule has 3 aliphatic carbocycles. The molecule has 0 aliphatic heterocycles. The summed E-state index contributed by atoms with van der Waals surface area (Å²) in [5, 5.41) is 0. The monoisotopic (exact) mass is 564 g/mol. The van der Waals surface area contributed by atoms with Crippen molar-refractivity contribution in [2.75, 3.05) is 0 Å².